The van der Waals surface area contributed by atoms with Gasteiger partial charge >= 0.3 is 0 Å². The molecule has 0 unspecified atom stereocenters. The van der Waals surface area contributed by atoms with Gasteiger partial charge in [-0.25, -0.2) is 8.78 Å². The molecule has 1 aromatic rings. The lowest BCUT2D eigenvalue weighted by atomic mass is 10.1. The van der Waals surface area contributed by atoms with Gasteiger partial charge in [-0.1, -0.05) is 12.2 Å². The van der Waals surface area contributed by atoms with Crippen LogP contribution in [-0.2, 0) is 0 Å². The first kappa shape index (κ1) is 8.27. The van der Waals surface area contributed by atoms with E-state index >= 15 is 0 Å². The SMILES string of the molecule is Cc1c(F)cc(C=S)cc1F. The summed E-state index contributed by atoms with van der Waals surface area (Å²) in [4.78, 5) is 0. The van der Waals surface area contributed by atoms with E-state index in [0.717, 1.165) is 0 Å². The van der Waals surface area contributed by atoms with Gasteiger partial charge in [0, 0.05) is 10.9 Å². The number of benzene rings is 1. The van der Waals surface area contributed by atoms with Crippen LogP contribution in [0.3, 0.4) is 0 Å². The lowest BCUT2D eigenvalue weighted by Gasteiger charge is -1.98. The van der Waals surface area contributed by atoms with Crippen LogP contribution in [0.2, 0.25) is 0 Å². The average molecular weight is 172 g/mol. The molecule has 0 saturated carbocycles. The Hall–Kier alpha value is -0.830. The highest BCUT2D eigenvalue weighted by molar-refractivity contribution is 7.79. The second kappa shape index (κ2) is 3.05. The van der Waals surface area contributed by atoms with Crippen molar-refractivity contribution < 1.29 is 8.78 Å². The Balaban J connectivity index is 3.31. The monoisotopic (exact) mass is 172 g/mol. The number of rotatable bonds is 1. The summed E-state index contributed by atoms with van der Waals surface area (Å²) in [7, 11) is 0. The standard InChI is InChI=1S/C8H6F2S/c1-5-7(9)2-6(4-11)3-8(5)10/h2-4H,1H3. The first-order valence-corrected chi connectivity index (χ1v) is 3.53. The van der Waals surface area contributed by atoms with Crippen LogP contribution in [0.15, 0.2) is 12.1 Å². The Morgan fingerprint density at radius 2 is 1.73 bits per heavy atom. The fourth-order valence-electron chi connectivity index (χ4n) is 0.733. The number of hydrogen-bond acceptors (Lipinski definition) is 1. The van der Waals surface area contributed by atoms with Gasteiger partial charge in [0.1, 0.15) is 11.6 Å². The van der Waals surface area contributed by atoms with E-state index in [1.54, 1.807) is 0 Å². The smallest absolute Gasteiger partial charge is 0.129 e. The highest BCUT2D eigenvalue weighted by Crippen LogP contribution is 2.12. The van der Waals surface area contributed by atoms with Crippen molar-refractivity contribution in [1.29, 1.82) is 0 Å². The topological polar surface area (TPSA) is 0 Å². The maximum atomic E-state index is 12.7. The van der Waals surface area contributed by atoms with Gasteiger partial charge in [-0.3, -0.25) is 0 Å². The lowest BCUT2D eigenvalue weighted by Crippen LogP contribution is -1.91. The van der Waals surface area contributed by atoms with Crippen LogP contribution in [0.4, 0.5) is 8.78 Å². The summed E-state index contributed by atoms with van der Waals surface area (Å²) < 4.78 is 25.4. The predicted molar refractivity (Wildman–Crippen MR) is 43.9 cm³/mol. The molecule has 1 rings (SSSR count). The van der Waals surface area contributed by atoms with Crippen LogP contribution in [0.25, 0.3) is 0 Å². The summed E-state index contributed by atoms with van der Waals surface area (Å²) in [6, 6.07) is 2.43. The molecule has 0 aliphatic rings. The zero-order chi connectivity index (χ0) is 8.43. The molecule has 0 aliphatic heterocycles. The van der Waals surface area contributed by atoms with Gasteiger partial charge in [0.05, 0.1) is 0 Å². The van der Waals surface area contributed by atoms with Crippen LogP contribution >= 0.6 is 12.2 Å². The van der Waals surface area contributed by atoms with E-state index < -0.39 is 11.6 Å². The largest absolute Gasteiger partial charge is 0.207 e. The molecule has 0 heterocycles. The third-order valence-electron chi connectivity index (χ3n) is 1.44. The molecule has 0 bridgehead atoms. The van der Waals surface area contributed by atoms with Crippen LogP contribution in [-0.4, -0.2) is 5.37 Å². The molecule has 0 spiro atoms. The summed E-state index contributed by atoms with van der Waals surface area (Å²) >= 11 is 4.52. The Morgan fingerprint density at radius 1 is 1.27 bits per heavy atom. The molecule has 0 fully saturated rings. The van der Waals surface area contributed by atoms with Gasteiger partial charge in [0.15, 0.2) is 0 Å². The number of hydrogen-bond donors (Lipinski definition) is 0. The molecule has 0 aromatic heterocycles. The molecule has 0 amide bonds. The van der Waals surface area contributed by atoms with Gasteiger partial charge in [0.25, 0.3) is 0 Å². The molecule has 0 radical (unpaired) electrons. The summed E-state index contributed by atoms with van der Waals surface area (Å²) in [6.45, 7) is 1.39. The molecular formula is C8H6F2S. The zero-order valence-electron chi connectivity index (χ0n) is 5.90. The molecular weight excluding hydrogens is 166 g/mol. The first-order valence-electron chi connectivity index (χ1n) is 3.06. The van der Waals surface area contributed by atoms with E-state index in [0.29, 0.717) is 5.56 Å². The summed E-state index contributed by atoms with van der Waals surface area (Å²) in [5.74, 6) is -1.11. The van der Waals surface area contributed by atoms with Crippen molar-refractivity contribution in [2.24, 2.45) is 0 Å². The normalized spacial score (nSPS) is 9.73. The molecule has 0 N–H and O–H groups in total. The Morgan fingerprint density at radius 3 is 2.09 bits per heavy atom. The zero-order valence-corrected chi connectivity index (χ0v) is 6.71. The van der Waals surface area contributed by atoms with Crippen LogP contribution in [0.5, 0.6) is 0 Å². The predicted octanol–water partition coefficient (Wildman–Crippen LogP) is 2.62. The molecule has 3 heteroatoms. The Bertz CT molecular complexity index is 271. The summed E-state index contributed by atoms with van der Waals surface area (Å²) in [5, 5.41) is 1.24. The molecule has 0 saturated heterocycles. The number of halogens is 2. The molecule has 11 heavy (non-hydrogen) atoms. The van der Waals surface area contributed by atoms with Crippen molar-refractivity contribution in [3.63, 3.8) is 0 Å². The van der Waals surface area contributed by atoms with E-state index in [-0.39, 0.29) is 5.56 Å². The maximum absolute atomic E-state index is 12.7. The molecule has 0 aliphatic carbocycles. The van der Waals surface area contributed by atoms with E-state index in [9.17, 15) is 8.78 Å². The summed E-state index contributed by atoms with van der Waals surface area (Å²) in [6.07, 6.45) is 0. The second-order valence-electron chi connectivity index (χ2n) is 2.23. The van der Waals surface area contributed by atoms with Gasteiger partial charge in [-0.2, -0.15) is 0 Å². The van der Waals surface area contributed by atoms with Crippen LogP contribution in [0, 0.1) is 18.6 Å². The van der Waals surface area contributed by atoms with Crippen molar-refractivity contribution in [2.45, 2.75) is 6.92 Å². The van der Waals surface area contributed by atoms with Crippen molar-refractivity contribution in [2.75, 3.05) is 0 Å². The Kier molecular flexibility index (Phi) is 2.29. The van der Waals surface area contributed by atoms with E-state index in [1.807, 2.05) is 0 Å². The average Bonchev–Trinajstić information content (AvgIpc) is 1.99. The van der Waals surface area contributed by atoms with E-state index in [2.05, 4.69) is 12.2 Å². The first-order chi connectivity index (χ1) is 5.15. The van der Waals surface area contributed by atoms with E-state index in [1.165, 1.54) is 24.4 Å². The third kappa shape index (κ3) is 1.60. The van der Waals surface area contributed by atoms with Crippen LogP contribution < -0.4 is 0 Å². The highest BCUT2D eigenvalue weighted by atomic mass is 32.1. The van der Waals surface area contributed by atoms with Crippen molar-refractivity contribution >= 4 is 17.6 Å². The minimum Gasteiger partial charge on any atom is -0.207 e. The van der Waals surface area contributed by atoms with Gasteiger partial charge < -0.3 is 0 Å². The Labute approximate surface area is 68.9 Å². The molecule has 0 nitrogen and oxygen atoms in total. The number of thiocarbonyl (C=S) groups is 1. The third-order valence-corrected chi connectivity index (χ3v) is 1.71. The molecule has 1 aromatic carbocycles. The van der Waals surface area contributed by atoms with Crippen molar-refractivity contribution in [3.05, 3.63) is 34.9 Å². The van der Waals surface area contributed by atoms with E-state index in [4.69, 9.17) is 0 Å². The fourth-order valence-corrected chi connectivity index (χ4v) is 0.869. The second-order valence-corrected chi connectivity index (χ2v) is 2.46. The quantitative estimate of drug-likeness (QED) is 0.587. The van der Waals surface area contributed by atoms with Gasteiger partial charge in [-0.05, 0) is 24.6 Å². The van der Waals surface area contributed by atoms with Gasteiger partial charge in [0.2, 0.25) is 0 Å². The van der Waals surface area contributed by atoms with Crippen LogP contribution in [0.1, 0.15) is 11.1 Å². The molecule has 0 atom stereocenters. The molecule has 58 valence electrons. The minimum atomic E-state index is -0.555. The summed E-state index contributed by atoms with van der Waals surface area (Å²) in [5.41, 5.74) is 0.422. The maximum Gasteiger partial charge on any atom is 0.129 e. The fraction of sp³-hybridized carbons (Fsp3) is 0.125. The van der Waals surface area contributed by atoms with Crippen molar-refractivity contribution in [3.8, 4) is 0 Å². The minimum absolute atomic E-state index is 0.0330. The van der Waals surface area contributed by atoms with Gasteiger partial charge in [-0.15, -0.1) is 0 Å². The highest BCUT2D eigenvalue weighted by Gasteiger charge is 2.04. The van der Waals surface area contributed by atoms with Crippen molar-refractivity contribution in [1.82, 2.24) is 0 Å². The lowest BCUT2D eigenvalue weighted by molar-refractivity contribution is 0.568.